The van der Waals surface area contributed by atoms with Crippen molar-refractivity contribution in [3.05, 3.63) is 71.3 Å². The minimum Gasteiger partial charge on any atom is -0.271 e. The van der Waals surface area contributed by atoms with Gasteiger partial charge in [0.2, 0.25) is 0 Å². The molecule has 118 valence electrons. The van der Waals surface area contributed by atoms with Crippen molar-refractivity contribution in [3.8, 4) is 0 Å². The minimum atomic E-state index is -0.390. The van der Waals surface area contributed by atoms with E-state index in [0.717, 1.165) is 16.2 Å². The molecule has 1 aliphatic heterocycles. The van der Waals surface area contributed by atoms with Gasteiger partial charge in [0.05, 0.1) is 5.92 Å². The zero-order valence-corrected chi connectivity index (χ0v) is 13.2. The lowest BCUT2D eigenvalue weighted by Gasteiger charge is -2.33. The zero-order chi connectivity index (χ0) is 16.4. The summed E-state index contributed by atoms with van der Waals surface area (Å²) in [7, 11) is 0. The van der Waals surface area contributed by atoms with E-state index >= 15 is 0 Å². The molecule has 3 rings (SSSR count). The number of benzene rings is 2. The Morgan fingerprint density at radius 3 is 2.35 bits per heavy atom. The van der Waals surface area contributed by atoms with E-state index in [9.17, 15) is 9.59 Å². The van der Waals surface area contributed by atoms with Gasteiger partial charge in [-0.1, -0.05) is 62.4 Å². The molecule has 0 fully saturated rings. The summed E-state index contributed by atoms with van der Waals surface area (Å²) in [5.74, 6) is -0.961. The summed E-state index contributed by atoms with van der Waals surface area (Å²) in [4.78, 5) is 30.9. The van der Waals surface area contributed by atoms with E-state index in [4.69, 9.17) is 4.84 Å². The lowest BCUT2D eigenvalue weighted by atomic mass is 9.82. The Morgan fingerprint density at radius 2 is 1.65 bits per heavy atom. The summed E-state index contributed by atoms with van der Waals surface area (Å²) < 4.78 is 0. The van der Waals surface area contributed by atoms with Crippen LogP contribution in [-0.2, 0) is 16.2 Å². The molecule has 0 aromatic heterocycles. The molecule has 1 unspecified atom stereocenters. The van der Waals surface area contributed by atoms with Gasteiger partial charge in [-0.2, -0.15) is 0 Å². The van der Waals surface area contributed by atoms with Crippen LogP contribution in [0.5, 0.6) is 0 Å². The number of nitrogens with zero attached hydrogens (tertiary/aromatic N) is 1. The molecule has 0 N–H and O–H groups in total. The van der Waals surface area contributed by atoms with Crippen molar-refractivity contribution in [2.75, 3.05) is 0 Å². The maximum Gasteiger partial charge on any atom is 0.285 e. The molecule has 4 nitrogen and oxygen atoms in total. The second-order valence-corrected chi connectivity index (χ2v) is 6.01. The molecule has 0 radical (unpaired) electrons. The average Bonchev–Trinajstić information content (AvgIpc) is 2.55. The van der Waals surface area contributed by atoms with Crippen LogP contribution in [0.2, 0.25) is 0 Å². The summed E-state index contributed by atoms with van der Waals surface area (Å²) in [5.41, 5.74) is 2.24. The SMILES string of the molecule is CC(C)C1C(=O)N(OCc2ccccc2)C(=O)c2ccccc21. The summed E-state index contributed by atoms with van der Waals surface area (Å²) in [6.07, 6.45) is 0. The Labute approximate surface area is 135 Å². The third kappa shape index (κ3) is 2.90. The lowest BCUT2D eigenvalue weighted by molar-refractivity contribution is -0.177. The second kappa shape index (κ2) is 6.34. The van der Waals surface area contributed by atoms with Gasteiger partial charge in [-0.15, -0.1) is 5.06 Å². The first-order valence-electron chi connectivity index (χ1n) is 7.73. The molecule has 0 saturated heterocycles. The van der Waals surface area contributed by atoms with Gasteiger partial charge in [-0.25, -0.2) is 0 Å². The van der Waals surface area contributed by atoms with Gasteiger partial charge in [0.15, 0.2) is 0 Å². The first-order valence-corrected chi connectivity index (χ1v) is 7.73. The Hall–Kier alpha value is -2.46. The number of rotatable bonds is 4. The van der Waals surface area contributed by atoms with Crippen LogP contribution < -0.4 is 0 Å². The molecule has 23 heavy (non-hydrogen) atoms. The standard InChI is InChI=1S/C19H19NO3/c1-13(2)17-15-10-6-7-11-16(15)18(21)20(19(17)22)23-12-14-8-4-3-5-9-14/h3-11,13,17H,12H2,1-2H3. The number of carbonyl (C=O) groups excluding carboxylic acids is 2. The molecule has 0 bridgehead atoms. The minimum absolute atomic E-state index is 0.0829. The molecule has 0 aliphatic carbocycles. The average molecular weight is 309 g/mol. The van der Waals surface area contributed by atoms with Gasteiger partial charge >= 0.3 is 0 Å². The van der Waals surface area contributed by atoms with E-state index in [0.29, 0.717) is 5.56 Å². The number of amides is 2. The Balaban J connectivity index is 1.89. The lowest BCUT2D eigenvalue weighted by Crippen LogP contribution is -2.45. The quantitative estimate of drug-likeness (QED) is 0.812. The van der Waals surface area contributed by atoms with Gasteiger partial charge in [0.25, 0.3) is 11.8 Å². The van der Waals surface area contributed by atoms with Crippen molar-refractivity contribution in [3.63, 3.8) is 0 Å². The Morgan fingerprint density at radius 1 is 1.00 bits per heavy atom. The largest absolute Gasteiger partial charge is 0.285 e. The predicted molar refractivity (Wildman–Crippen MR) is 86.4 cm³/mol. The van der Waals surface area contributed by atoms with Crippen molar-refractivity contribution in [1.82, 2.24) is 5.06 Å². The van der Waals surface area contributed by atoms with Crippen LogP contribution in [0.3, 0.4) is 0 Å². The van der Waals surface area contributed by atoms with Crippen LogP contribution >= 0.6 is 0 Å². The molecule has 2 aromatic rings. The molecule has 1 aliphatic rings. The van der Waals surface area contributed by atoms with E-state index in [1.54, 1.807) is 12.1 Å². The number of fused-ring (bicyclic) bond motifs is 1. The molecule has 1 heterocycles. The van der Waals surface area contributed by atoms with E-state index < -0.39 is 5.91 Å². The molecule has 2 aromatic carbocycles. The Kier molecular flexibility index (Phi) is 4.26. The van der Waals surface area contributed by atoms with Crippen LogP contribution in [0.15, 0.2) is 54.6 Å². The molecule has 0 spiro atoms. The van der Waals surface area contributed by atoms with Gasteiger partial charge in [0.1, 0.15) is 6.61 Å². The van der Waals surface area contributed by atoms with E-state index in [1.165, 1.54) is 0 Å². The van der Waals surface area contributed by atoms with Gasteiger partial charge < -0.3 is 0 Å². The fourth-order valence-electron chi connectivity index (χ4n) is 2.91. The molecule has 1 atom stereocenters. The smallest absolute Gasteiger partial charge is 0.271 e. The highest BCUT2D eigenvalue weighted by atomic mass is 16.7. The highest BCUT2D eigenvalue weighted by Gasteiger charge is 2.41. The first-order chi connectivity index (χ1) is 11.1. The Bertz CT molecular complexity index is 724. The topological polar surface area (TPSA) is 46.6 Å². The van der Waals surface area contributed by atoms with E-state index in [2.05, 4.69) is 0 Å². The van der Waals surface area contributed by atoms with Crippen LogP contribution in [0.1, 0.15) is 41.3 Å². The van der Waals surface area contributed by atoms with Crippen LogP contribution in [0, 0.1) is 5.92 Å². The summed E-state index contributed by atoms with van der Waals surface area (Å²) in [6, 6.07) is 16.7. The molecular formula is C19H19NO3. The number of carbonyl (C=O) groups is 2. The highest BCUT2D eigenvalue weighted by molar-refractivity contribution is 6.10. The second-order valence-electron chi connectivity index (χ2n) is 6.01. The molecule has 4 heteroatoms. The summed E-state index contributed by atoms with van der Waals surface area (Å²) in [5, 5.41) is 0.931. The van der Waals surface area contributed by atoms with Gasteiger partial charge in [-0.3, -0.25) is 14.4 Å². The fraction of sp³-hybridized carbons (Fsp3) is 0.263. The van der Waals surface area contributed by atoms with Gasteiger partial charge in [-0.05, 0) is 23.1 Å². The third-order valence-electron chi connectivity index (χ3n) is 4.05. The van der Waals surface area contributed by atoms with E-state index in [-0.39, 0.29) is 24.3 Å². The van der Waals surface area contributed by atoms with Gasteiger partial charge in [0, 0.05) is 5.56 Å². The van der Waals surface area contributed by atoms with Crippen molar-refractivity contribution < 1.29 is 14.4 Å². The predicted octanol–water partition coefficient (Wildman–Crippen LogP) is 3.54. The number of hydroxylamine groups is 2. The fourth-order valence-corrected chi connectivity index (χ4v) is 2.91. The number of imide groups is 1. The molecular weight excluding hydrogens is 290 g/mol. The van der Waals surface area contributed by atoms with Crippen LogP contribution in [0.4, 0.5) is 0 Å². The maximum atomic E-state index is 12.7. The van der Waals surface area contributed by atoms with E-state index in [1.807, 2.05) is 56.3 Å². The maximum absolute atomic E-state index is 12.7. The zero-order valence-electron chi connectivity index (χ0n) is 13.2. The third-order valence-corrected chi connectivity index (χ3v) is 4.05. The van der Waals surface area contributed by atoms with Crippen molar-refractivity contribution >= 4 is 11.8 Å². The highest BCUT2D eigenvalue weighted by Crippen LogP contribution is 2.34. The summed E-state index contributed by atoms with van der Waals surface area (Å²) in [6.45, 7) is 4.14. The number of hydrogen-bond donors (Lipinski definition) is 0. The monoisotopic (exact) mass is 309 g/mol. The normalized spacial score (nSPS) is 17.5. The molecule has 0 saturated carbocycles. The van der Waals surface area contributed by atoms with Crippen molar-refractivity contribution in [2.45, 2.75) is 26.4 Å². The van der Waals surface area contributed by atoms with Crippen LogP contribution in [0.25, 0.3) is 0 Å². The van der Waals surface area contributed by atoms with Crippen LogP contribution in [-0.4, -0.2) is 16.9 Å². The first kappa shape index (κ1) is 15.4. The van der Waals surface area contributed by atoms with Crippen molar-refractivity contribution in [2.24, 2.45) is 5.92 Å². The molecule has 2 amide bonds. The number of hydrogen-bond acceptors (Lipinski definition) is 3. The summed E-state index contributed by atoms with van der Waals surface area (Å²) >= 11 is 0. The van der Waals surface area contributed by atoms with Crippen molar-refractivity contribution in [1.29, 1.82) is 0 Å².